The first kappa shape index (κ1) is 14.8. The smallest absolute Gasteiger partial charge is 0.104 e. The molecule has 0 aromatic heterocycles. The minimum absolute atomic E-state index is 0.0929. The zero-order chi connectivity index (χ0) is 14.8. The van der Waals surface area contributed by atoms with Crippen LogP contribution in [0.4, 0.5) is 0 Å². The van der Waals surface area contributed by atoms with E-state index >= 15 is 0 Å². The molecule has 0 aromatic rings. The molecule has 0 aromatic carbocycles. The first-order chi connectivity index (χ1) is 9.07. The van der Waals surface area contributed by atoms with Crippen molar-refractivity contribution in [1.29, 1.82) is 0 Å². The fraction of sp³-hybridized carbons (Fsp3) is 1.00. The molecular weight excluding hydrogens is 254 g/mol. The molecule has 1 spiro atoms. The quantitative estimate of drug-likeness (QED) is 0.779. The molecule has 3 rings (SSSR count). The standard InChI is InChI=1S/C16H29NO3/c1-14(2,3)18-12-10-17-11(9-16(20-17)7-8-16)13(12)19-15(4,5)6/h11-13H,7-10H2,1-6H3/t11-,12+,13+/m0/s1. The summed E-state index contributed by atoms with van der Waals surface area (Å²) in [6.07, 6.45) is 3.70. The molecule has 4 nitrogen and oxygen atoms in total. The van der Waals surface area contributed by atoms with E-state index in [0.29, 0.717) is 6.04 Å². The second-order valence-corrected chi connectivity index (χ2v) is 8.61. The van der Waals surface area contributed by atoms with Gasteiger partial charge in [-0.1, -0.05) is 0 Å². The van der Waals surface area contributed by atoms with Crippen molar-refractivity contribution in [2.45, 2.75) is 95.9 Å². The average molecular weight is 283 g/mol. The molecule has 1 aliphatic carbocycles. The summed E-state index contributed by atoms with van der Waals surface area (Å²) in [5, 5.41) is 2.14. The highest BCUT2D eigenvalue weighted by Gasteiger charge is 2.61. The van der Waals surface area contributed by atoms with Gasteiger partial charge in [0.1, 0.15) is 12.2 Å². The molecular formula is C16H29NO3. The van der Waals surface area contributed by atoms with Gasteiger partial charge in [-0.05, 0) is 60.8 Å². The largest absolute Gasteiger partial charge is 0.368 e. The van der Waals surface area contributed by atoms with E-state index in [0.717, 1.165) is 13.0 Å². The van der Waals surface area contributed by atoms with Gasteiger partial charge in [-0.25, -0.2) is 0 Å². The van der Waals surface area contributed by atoms with Crippen molar-refractivity contribution in [3.05, 3.63) is 0 Å². The molecule has 0 amide bonds. The number of hydrogen-bond donors (Lipinski definition) is 0. The van der Waals surface area contributed by atoms with E-state index in [1.54, 1.807) is 0 Å². The maximum atomic E-state index is 6.35. The zero-order valence-corrected chi connectivity index (χ0v) is 13.7. The van der Waals surface area contributed by atoms with Gasteiger partial charge in [-0.3, -0.25) is 4.84 Å². The highest BCUT2D eigenvalue weighted by Crippen LogP contribution is 2.53. The third-order valence-electron chi connectivity index (χ3n) is 4.17. The molecule has 0 N–H and O–H groups in total. The monoisotopic (exact) mass is 283 g/mol. The molecule has 2 aliphatic heterocycles. The van der Waals surface area contributed by atoms with Crippen molar-refractivity contribution in [2.24, 2.45) is 0 Å². The van der Waals surface area contributed by atoms with Gasteiger partial charge >= 0.3 is 0 Å². The molecule has 1 saturated carbocycles. The lowest BCUT2D eigenvalue weighted by Crippen LogP contribution is -2.43. The van der Waals surface area contributed by atoms with Gasteiger partial charge < -0.3 is 9.47 Å². The summed E-state index contributed by atoms with van der Waals surface area (Å²) in [5.41, 5.74) is -0.155. The Morgan fingerprint density at radius 2 is 1.60 bits per heavy atom. The van der Waals surface area contributed by atoms with Crippen molar-refractivity contribution in [3.8, 4) is 0 Å². The first-order valence-electron chi connectivity index (χ1n) is 7.88. The van der Waals surface area contributed by atoms with Crippen LogP contribution in [0, 0.1) is 0 Å². The third kappa shape index (κ3) is 3.03. The predicted molar refractivity (Wildman–Crippen MR) is 77.4 cm³/mol. The number of nitrogens with zero attached hydrogens (tertiary/aromatic N) is 1. The molecule has 0 bridgehead atoms. The van der Waals surface area contributed by atoms with E-state index in [4.69, 9.17) is 14.3 Å². The van der Waals surface area contributed by atoms with E-state index in [9.17, 15) is 0 Å². The Bertz CT molecular complexity index is 378. The summed E-state index contributed by atoms with van der Waals surface area (Å²) in [6, 6.07) is 0.351. The predicted octanol–water partition coefficient (Wildman–Crippen LogP) is 2.91. The van der Waals surface area contributed by atoms with Crippen molar-refractivity contribution in [2.75, 3.05) is 6.54 Å². The summed E-state index contributed by atoms with van der Waals surface area (Å²) in [7, 11) is 0. The summed E-state index contributed by atoms with van der Waals surface area (Å²) >= 11 is 0. The summed E-state index contributed by atoms with van der Waals surface area (Å²) in [6.45, 7) is 13.5. The molecule has 3 aliphatic rings. The van der Waals surface area contributed by atoms with Crippen LogP contribution in [0.25, 0.3) is 0 Å². The normalized spacial score (nSPS) is 36.6. The Balaban J connectivity index is 1.74. The van der Waals surface area contributed by atoms with Gasteiger partial charge in [-0.15, -0.1) is 0 Å². The molecule has 0 radical (unpaired) electrons. The third-order valence-corrected chi connectivity index (χ3v) is 4.17. The molecule has 2 saturated heterocycles. The van der Waals surface area contributed by atoms with Gasteiger partial charge in [0.25, 0.3) is 0 Å². The van der Waals surface area contributed by atoms with Crippen LogP contribution < -0.4 is 0 Å². The van der Waals surface area contributed by atoms with Crippen LogP contribution in [0.1, 0.15) is 60.8 Å². The van der Waals surface area contributed by atoms with Crippen LogP contribution in [0.5, 0.6) is 0 Å². The molecule has 3 atom stereocenters. The topological polar surface area (TPSA) is 30.9 Å². The van der Waals surface area contributed by atoms with Crippen LogP contribution >= 0.6 is 0 Å². The highest BCUT2D eigenvalue weighted by molar-refractivity contribution is 5.09. The average Bonchev–Trinajstić information content (AvgIpc) is 2.78. The minimum atomic E-state index is -0.153. The van der Waals surface area contributed by atoms with Crippen molar-refractivity contribution in [1.82, 2.24) is 5.06 Å². The summed E-state index contributed by atoms with van der Waals surface area (Å²) in [4.78, 5) is 6.15. The minimum Gasteiger partial charge on any atom is -0.368 e. The maximum absolute atomic E-state index is 6.35. The zero-order valence-electron chi connectivity index (χ0n) is 13.7. The van der Waals surface area contributed by atoms with Crippen LogP contribution in [-0.2, 0) is 14.3 Å². The Morgan fingerprint density at radius 3 is 2.10 bits per heavy atom. The lowest BCUT2D eigenvalue weighted by atomic mass is 10.0. The first-order valence-corrected chi connectivity index (χ1v) is 7.88. The fourth-order valence-corrected chi connectivity index (χ4v) is 3.37. The van der Waals surface area contributed by atoms with Crippen LogP contribution in [0.2, 0.25) is 0 Å². The number of hydrogen-bond acceptors (Lipinski definition) is 4. The van der Waals surface area contributed by atoms with Gasteiger partial charge in [0.2, 0.25) is 0 Å². The molecule has 20 heavy (non-hydrogen) atoms. The van der Waals surface area contributed by atoms with Crippen molar-refractivity contribution < 1.29 is 14.3 Å². The second kappa shape index (κ2) is 4.42. The molecule has 0 unspecified atom stereocenters. The summed E-state index contributed by atoms with van der Waals surface area (Å²) in [5.74, 6) is 0. The molecule has 4 heteroatoms. The Hall–Kier alpha value is -0.160. The lowest BCUT2D eigenvalue weighted by Gasteiger charge is -2.34. The van der Waals surface area contributed by atoms with Crippen molar-refractivity contribution in [3.63, 3.8) is 0 Å². The van der Waals surface area contributed by atoms with E-state index in [-0.39, 0.29) is 29.0 Å². The van der Waals surface area contributed by atoms with Gasteiger partial charge in [0.05, 0.1) is 29.4 Å². The number of fused-ring (bicyclic) bond motifs is 1. The Kier molecular flexibility index (Phi) is 3.26. The second-order valence-electron chi connectivity index (χ2n) is 8.61. The Morgan fingerprint density at radius 1 is 1.00 bits per heavy atom. The van der Waals surface area contributed by atoms with Gasteiger partial charge in [-0.2, -0.15) is 5.06 Å². The number of rotatable bonds is 2. The maximum Gasteiger partial charge on any atom is 0.104 e. The highest BCUT2D eigenvalue weighted by atomic mass is 16.7. The van der Waals surface area contributed by atoms with E-state index in [2.05, 4.69) is 46.6 Å². The van der Waals surface area contributed by atoms with Crippen molar-refractivity contribution >= 4 is 0 Å². The van der Waals surface area contributed by atoms with Crippen LogP contribution in [-0.4, -0.2) is 46.7 Å². The van der Waals surface area contributed by atoms with Crippen LogP contribution in [0.15, 0.2) is 0 Å². The van der Waals surface area contributed by atoms with E-state index < -0.39 is 0 Å². The molecule has 3 fully saturated rings. The molecule has 2 heterocycles. The van der Waals surface area contributed by atoms with E-state index in [1.165, 1.54) is 12.8 Å². The van der Waals surface area contributed by atoms with E-state index in [1.807, 2.05) is 0 Å². The Labute approximate surface area is 122 Å². The fourth-order valence-electron chi connectivity index (χ4n) is 3.37. The van der Waals surface area contributed by atoms with Gasteiger partial charge in [0.15, 0.2) is 0 Å². The number of ether oxygens (including phenoxy) is 2. The number of hydroxylamine groups is 2. The molecule has 116 valence electrons. The van der Waals surface area contributed by atoms with Crippen LogP contribution in [0.3, 0.4) is 0 Å². The SMILES string of the molecule is CC(C)(C)O[C@H]1[C@H](OC(C)(C)C)CN2OC3(CC3)C[C@@H]12. The summed E-state index contributed by atoms with van der Waals surface area (Å²) < 4.78 is 12.6. The van der Waals surface area contributed by atoms with Gasteiger partial charge in [0, 0.05) is 0 Å². The lowest BCUT2D eigenvalue weighted by molar-refractivity contribution is -0.170.